The zero-order chi connectivity index (χ0) is 18.3. The Balaban J connectivity index is 1.54. The lowest BCUT2D eigenvalue weighted by Crippen LogP contribution is -2.31. The van der Waals surface area contributed by atoms with Crippen LogP contribution in [0, 0.1) is 5.92 Å². The SMILES string of the molecule is O=C(C1=NCC2=C1C=CC(c1ccccc1)(c1ccccc1)C2)C1CCC1. The van der Waals surface area contributed by atoms with E-state index in [0.29, 0.717) is 6.54 Å². The minimum absolute atomic E-state index is 0.189. The van der Waals surface area contributed by atoms with Gasteiger partial charge in [-0.3, -0.25) is 9.79 Å². The number of nitrogens with zero attached hydrogens (tertiary/aromatic N) is 1. The molecule has 1 aliphatic heterocycles. The summed E-state index contributed by atoms with van der Waals surface area (Å²) in [6.45, 7) is 0.662. The molecule has 134 valence electrons. The lowest BCUT2D eigenvalue weighted by atomic mass is 9.67. The Morgan fingerprint density at radius 1 is 0.926 bits per heavy atom. The normalized spacial score (nSPS) is 20.8. The van der Waals surface area contributed by atoms with Crippen LogP contribution in [0.15, 0.2) is 89.0 Å². The second-order valence-electron chi connectivity index (χ2n) is 7.89. The van der Waals surface area contributed by atoms with Crippen LogP contribution in [-0.4, -0.2) is 18.0 Å². The standard InChI is InChI=1S/C25H23NO/c27-24(18-8-7-9-18)23-22-14-15-25(16-19(22)17-26-23,20-10-3-1-4-11-20)21-12-5-2-6-13-21/h1-6,10-15,18H,7-9,16-17H2. The van der Waals surface area contributed by atoms with Gasteiger partial charge in [0, 0.05) is 16.9 Å². The molecule has 2 aliphatic carbocycles. The number of aliphatic imine (C=N–C) groups is 1. The summed E-state index contributed by atoms with van der Waals surface area (Å²) in [6.07, 6.45) is 8.59. The van der Waals surface area contributed by atoms with E-state index in [9.17, 15) is 4.79 Å². The first-order chi connectivity index (χ1) is 13.3. The van der Waals surface area contributed by atoms with Crippen LogP contribution in [0.4, 0.5) is 0 Å². The molecule has 2 nitrogen and oxygen atoms in total. The molecule has 0 N–H and O–H groups in total. The van der Waals surface area contributed by atoms with Gasteiger partial charge in [0.2, 0.25) is 0 Å². The largest absolute Gasteiger partial charge is 0.292 e. The van der Waals surface area contributed by atoms with Crippen LogP contribution in [0.3, 0.4) is 0 Å². The molecule has 0 bridgehead atoms. The summed E-state index contributed by atoms with van der Waals surface area (Å²) >= 11 is 0. The Kier molecular flexibility index (Phi) is 3.93. The quantitative estimate of drug-likeness (QED) is 0.756. The van der Waals surface area contributed by atoms with Crippen molar-refractivity contribution in [3.8, 4) is 0 Å². The van der Waals surface area contributed by atoms with Gasteiger partial charge in [-0.15, -0.1) is 0 Å². The van der Waals surface area contributed by atoms with Crippen molar-refractivity contribution in [2.45, 2.75) is 31.1 Å². The van der Waals surface area contributed by atoms with Gasteiger partial charge in [0.15, 0.2) is 5.78 Å². The highest BCUT2D eigenvalue weighted by atomic mass is 16.1. The molecule has 0 amide bonds. The summed E-state index contributed by atoms with van der Waals surface area (Å²) in [6, 6.07) is 21.4. The van der Waals surface area contributed by atoms with E-state index in [4.69, 9.17) is 0 Å². The van der Waals surface area contributed by atoms with Crippen LogP contribution in [0.1, 0.15) is 36.8 Å². The van der Waals surface area contributed by atoms with Crippen molar-refractivity contribution in [1.29, 1.82) is 0 Å². The van der Waals surface area contributed by atoms with E-state index >= 15 is 0 Å². The van der Waals surface area contributed by atoms with Crippen molar-refractivity contribution in [3.05, 3.63) is 95.1 Å². The third-order valence-corrected chi connectivity index (χ3v) is 6.38. The first-order valence-corrected chi connectivity index (χ1v) is 9.89. The van der Waals surface area contributed by atoms with Crippen molar-refractivity contribution in [1.82, 2.24) is 0 Å². The molecule has 0 saturated heterocycles. The summed E-state index contributed by atoms with van der Waals surface area (Å²) in [5, 5.41) is 0. The van der Waals surface area contributed by atoms with Crippen LogP contribution in [0.5, 0.6) is 0 Å². The molecule has 5 rings (SSSR count). The Bertz CT molecular complexity index is 922. The van der Waals surface area contributed by atoms with Gasteiger partial charge < -0.3 is 0 Å². The fourth-order valence-corrected chi connectivity index (χ4v) is 4.59. The molecular formula is C25H23NO. The maximum Gasteiger partial charge on any atom is 0.184 e. The molecule has 2 heteroatoms. The van der Waals surface area contributed by atoms with Gasteiger partial charge in [-0.1, -0.05) is 79.2 Å². The Morgan fingerprint density at radius 3 is 2.11 bits per heavy atom. The second-order valence-corrected chi connectivity index (χ2v) is 7.89. The number of ketones is 1. The van der Waals surface area contributed by atoms with Crippen molar-refractivity contribution in [3.63, 3.8) is 0 Å². The minimum atomic E-state index is -0.189. The molecular weight excluding hydrogens is 330 g/mol. The fourth-order valence-electron chi connectivity index (χ4n) is 4.59. The lowest BCUT2D eigenvalue weighted by molar-refractivity contribution is -0.118. The van der Waals surface area contributed by atoms with Crippen LogP contribution >= 0.6 is 0 Å². The van der Waals surface area contributed by atoms with Crippen molar-refractivity contribution < 1.29 is 4.79 Å². The summed E-state index contributed by atoms with van der Waals surface area (Å²) in [5.41, 5.74) is 5.52. The molecule has 1 saturated carbocycles. The highest BCUT2D eigenvalue weighted by molar-refractivity contribution is 6.48. The molecule has 0 unspecified atom stereocenters. The van der Waals surface area contributed by atoms with Gasteiger partial charge >= 0.3 is 0 Å². The van der Waals surface area contributed by atoms with Crippen LogP contribution < -0.4 is 0 Å². The zero-order valence-electron chi connectivity index (χ0n) is 15.4. The first kappa shape index (κ1) is 16.4. The highest BCUT2D eigenvalue weighted by Crippen LogP contribution is 2.45. The van der Waals surface area contributed by atoms with Crippen molar-refractivity contribution in [2.24, 2.45) is 10.9 Å². The van der Waals surface area contributed by atoms with Crippen molar-refractivity contribution >= 4 is 11.5 Å². The Morgan fingerprint density at radius 2 is 1.56 bits per heavy atom. The molecule has 3 aliphatic rings. The van der Waals surface area contributed by atoms with Gasteiger partial charge in [0.05, 0.1) is 6.54 Å². The average Bonchev–Trinajstić information content (AvgIpc) is 3.11. The maximum absolute atomic E-state index is 12.8. The number of allylic oxidation sites excluding steroid dienone is 3. The molecule has 27 heavy (non-hydrogen) atoms. The van der Waals surface area contributed by atoms with Gasteiger partial charge in [-0.05, 0) is 36.0 Å². The van der Waals surface area contributed by atoms with Crippen LogP contribution in [0.2, 0.25) is 0 Å². The second kappa shape index (κ2) is 6.45. The Hall–Kier alpha value is -2.74. The smallest absolute Gasteiger partial charge is 0.184 e. The number of carbonyl (C=O) groups excluding carboxylic acids is 1. The van der Waals surface area contributed by atoms with E-state index in [1.807, 2.05) is 0 Å². The molecule has 0 radical (unpaired) electrons. The highest BCUT2D eigenvalue weighted by Gasteiger charge is 2.40. The Labute approximate surface area is 160 Å². The van der Waals surface area contributed by atoms with E-state index in [1.54, 1.807) is 0 Å². The van der Waals surface area contributed by atoms with E-state index < -0.39 is 0 Å². The third kappa shape index (κ3) is 2.63. The fraction of sp³-hybridized carbons (Fsp3) is 0.280. The summed E-state index contributed by atoms with van der Waals surface area (Å²) in [5.74, 6) is 0.474. The molecule has 1 heterocycles. The predicted molar refractivity (Wildman–Crippen MR) is 109 cm³/mol. The third-order valence-electron chi connectivity index (χ3n) is 6.38. The molecule has 0 atom stereocenters. The van der Waals surface area contributed by atoms with Gasteiger partial charge in [-0.2, -0.15) is 0 Å². The monoisotopic (exact) mass is 353 g/mol. The summed E-state index contributed by atoms with van der Waals surface area (Å²) < 4.78 is 0. The zero-order valence-corrected chi connectivity index (χ0v) is 15.4. The number of benzene rings is 2. The van der Waals surface area contributed by atoms with Crippen LogP contribution in [-0.2, 0) is 10.2 Å². The van der Waals surface area contributed by atoms with Gasteiger partial charge in [0.1, 0.15) is 5.71 Å². The predicted octanol–water partition coefficient (Wildman–Crippen LogP) is 5.05. The molecule has 1 fully saturated rings. The topological polar surface area (TPSA) is 29.4 Å². The van der Waals surface area contributed by atoms with Gasteiger partial charge in [0.25, 0.3) is 0 Å². The van der Waals surface area contributed by atoms with Crippen LogP contribution in [0.25, 0.3) is 0 Å². The number of rotatable bonds is 4. The summed E-state index contributed by atoms with van der Waals surface area (Å²) in [4.78, 5) is 17.5. The molecule has 2 aromatic carbocycles. The number of hydrogen-bond donors (Lipinski definition) is 0. The number of carbonyl (C=O) groups is 1. The van der Waals surface area contributed by atoms with E-state index in [2.05, 4.69) is 77.8 Å². The van der Waals surface area contributed by atoms with E-state index in [0.717, 1.165) is 30.5 Å². The first-order valence-electron chi connectivity index (χ1n) is 9.89. The van der Waals surface area contributed by atoms with E-state index in [-0.39, 0.29) is 17.1 Å². The number of hydrogen-bond acceptors (Lipinski definition) is 2. The minimum Gasteiger partial charge on any atom is -0.292 e. The summed E-state index contributed by atoms with van der Waals surface area (Å²) in [7, 11) is 0. The number of Topliss-reactive ketones (excluding diaryl/α,β-unsaturated/α-hetero) is 1. The van der Waals surface area contributed by atoms with Crippen molar-refractivity contribution in [2.75, 3.05) is 6.54 Å². The average molecular weight is 353 g/mol. The molecule has 0 aromatic heterocycles. The van der Waals surface area contributed by atoms with E-state index in [1.165, 1.54) is 23.1 Å². The molecule has 2 aromatic rings. The molecule has 0 spiro atoms. The van der Waals surface area contributed by atoms with Gasteiger partial charge in [-0.25, -0.2) is 0 Å². The lowest BCUT2D eigenvalue weighted by Gasteiger charge is -2.35. The maximum atomic E-state index is 12.8.